The minimum atomic E-state index is -0.370. The molecule has 15 heavy (non-hydrogen) atoms. The molecule has 0 saturated carbocycles. The first-order chi connectivity index (χ1) is 7.16. The van der Waals surface area contributed by atoms with Crippen molar-refractivity contribution in [2.24, 2.45) is 5.92 Å². The predicted octanol–water partition coefficient (Wildman–Crippen LogP) is 0.809. The molecule has 0 saturated heterocycles. The van der Waals surface area contributed by atoms with E-state index in [1.54, 1.807) is 0 Å². The number of aliphatic hydroxyl groups excluding tert-OH is 2. The number of hydrogen-bond acceptors (Lipinski definition) is 4. The maximum Gasteiger partial charge on any atom is 0.0773 e. The molecule has 0 bridgehead atoms. The Balaban J connectivity index is 3.13. The predicted molar refractivity (Wildman–Crippen MR) is 58.8 cm³/mol. The van der Waals surface area contributed by atoms with Gasteiger partial charge >= 0.3 is 0 Å². The third-order valence-corrected chi connectivity index (χ3v) is 2.00. The van der Waals surface area contributed by atoms with E-state index in [0.717, 1.165) is 12.8 Å². The van der Waals surface area contributed by atoms with Crippen molar-refractivity contribution in [2.75, 3.05) is 33.0 Å². The molecule has 0 aliphatic heterocycles. The van der Waals surface area contributed by atoms with E-state index in [1.165, 1.54) is 0 Å². The van der Waals surface area contributed by atoms with E-state index in [4.69, 9.17) is 14.6 Å². The van der Waals surface area contributed by atoms with E-state index in [0.29, 0.717) is 32.3 Å². The largest absolute Gasteiger partial charge is 0.394 e. The van der Waals surface area contributed by atoms with Crippen LogP contribution in [0.15, 0.2) is 0 Å². The van der Waals surface area contributed by atoms with Crippen molar-refractivity contribution in [3.63, 3.8) is 0 Å². The molecule has 0 fully saturated rings. The van der Waals surface area contributed by atoms with Crippen LogP contribution in [-0.2, 0) is 9.47 Å². The van der Waals surface area contributed by atoms with E-state index < -0.39 is 0 Å². The number of rotatable bonds is 10. The van der Waals surface area contributed by atoms with Crippen LogP contribution >= 0.6 is 0 Å². The highest BCUT2D eigenvalue weighted by Crippen LogP contribution is 2.06. The summed E-state index contributed by atoms with van der Waals surface area (Å²) in [5, 5.41) is 17.9. The van der Waals surface area contributed by atoms with Crippen LogP contribution in [0, 0.1) is 5.92 Å². The fourth-order valence-electron chi connectivity index (χ4n) is 1.11. The summed E-state index contributed by atoms with van der Waals surface area (Å²) < 4.78 is 10.2. The standard InChI is InChI=1S/C11H24O4/c1-10(2)3-4-11(13)9-15-8-7-14-6-5-12/h10-13H,3-9H2,1-2H3. The zero-order chi connectivity index (χ0) is 11.5. The SMILES string of the molecule is CC(C)CCC(O)COCCOCCO. The van der Waals surface area contributed by atoms with Gasteiger partial charge in [0.2, 0.25) is 0 Å². The summed E-state index contributed by atoms with van der Waals surface area (Å²) >= 11 is 0. The van der Waals surface area contributed by atoms with E-state index in [2.05, 4.69) is 13.8 Å². The maximum absolute atomic E-state index is 9.49. The van der Waals surface area contributed by atoms with Crippen molar-refractivity contribution in [1.29, 1.82) is 0 Å². The van der Waals surface area contributed by atoms with Gasteiger partial charge in [-0.2, -0.15) is 0 Å². The molecule has 0 aliphatic carbocycles. The Morgan fingerprint density at radius 2 is 1.67 bits per heavy atom. The molecule has 1 unspecified atom stereocenters. The van der Waals surface area contributed by atoms with Crippen molar-refractivity contribution in [3.8, 4) is 0 Å². The van der Waals surface area contributed by atoms with Gasteiger partial charge in [0.15, 0.2) is 0 Å². The van der Waals surface area contributed by atoms with Crippen LogP contribution in [-0.4, -0.2) is 49.4 Å². The lowest BCUT2D eigenvalue weighted by atomic mass is 10.1. The monoisotopic (exact) mass is 220 g/mol. The van der Waals surface area contributed by atoms with Gasteiger partial charge in [0.25, 0.3) is 0 Å². The summed E-state index contributed by atoms with van der Waals surface area (Å²) in [5.41, 5.74) is 0. The van der Waals surface area contributed by atoms with E-state index in [1.807, 2.05) is 0 Å². The highest BCUT2D eigenvalue weighted by molar-refractivity contribution is 4.56. The Labute approximate surface area is 92.2 Å². The minimum absolute atomic E-state index is 0.0387. The number of aliphatic hydroxyl groups is 2. The van der Waals surface area contributed by atoms with Gasteiger partial charge in [0.05, 0.1) is 39.1 Å². The molecule has 0 rings (SSSR count). The third-order valence-electron chi connectivity index (χ3n) is 2.00. The van der Waals surface area contributed by atoms with Crippen molar-refractivity contribution >= 4 is 0 Å². The second-order valence-electron chi connectivity index (χ2n) is 4.04. The molecule has 0 amide bonds. The Morgan fingerprint density at radius 1 is 1.00 bits per heavy atom. The smallest absolute Gasteiger partial charge is 0.0773 e. The molecule has 4 nitrogen and oxygen atoms in total. The van der Waals surface area contributed by atoms with E-state index >= 15 is 0 Å². The molecule has 92 valence electrons. The first-order valence-electron chi connectivity index (χ1n) is 5.61. The quantitative estimate of drug-likeness (QED) is 0.535. The fraction of sp³-hybridized carbons (Fsp3) is 1.00. The summed E-state index contributed by atoms with van der Waals surface area (Å²) in [5.74, 6) is 0.618. The Morgan fingerprint density at radius 3 is 2.27 bits per heavy atom. The van der Waals surface area contributed by atoms with Crippen LogP contribution in [0.5, 0.6) is 0 Å². The van der Waals surface area contributed by atoms with Crippen LogP contribution in [0.1, 0.15) is 26.7 Å². The number of hydrogen-bond donors (Lipinski definition) is 2. The van der Waals surface area contributed by atoms with Gasteiger partial charge in [-0.3, -0.25) is 0 Å². The van der Waals surface area contributed by atoms with Gasteiger partial charge in [0.1, 0.15) is 0 Å². The summed E-state index contributed by atoms with van der Waals surface area (Å²) in [4.78, 5) is 0. The summed E-state index contributed by atoms with van der Waals surface area (Å²) in [6.45, 7) is 5.97. The van der Waals surface area contributed by atoms with Gasteiger partial charge < -0.3 is 19.7 Å². The Kier molecular flexibility index (Phi) is 10.3. The molecule has 0 heterocycles. The molecule has 0 aromatic heterocycles. The van der Waals surface area contributed by atoms with Crippen molar-refractivity contribution in [1.82, 2.24) is 0 Å². The van der Waals surface area contributed by atoms with Crippen LogP contribution in [0.4, 0.5) is 0 Å². The molecule has 2 N–H and O–H groups in total. The lowest BCUT2D eigenvalue weighted by molar-refractivity contribution is -0.00528. The van der Waals surface area contributed by atoms with Crippen molar-refractivity contribution in [2.45, 2.75) is 32.8 Å². The first kappa shape index (κ1) is 14.8. The second-order valence-corrected chi connectivity index (χ2v) is 4.04. The van der Waals surface area contributed by atoms with Gasteiger partial charge in [-0.1, -0.05) is 13.8 Å². The molecule has 0 spiro atoms. The van der Waals surface area contributed by atoms with E-state index in [-0.39, 0.29) is 12.7 Å². The van der Waals surface area contributed by atoms with Crippen molar-refractivity contribution < 1.29 is 19.7 Å². The van der Waals surface area contributed by atoms with Crippen LogP contribution < -0.4 is 0 Å². The molecule has 0 aromatic rings. The topological polar surface area (TPSA) is 58.9 Å². The van der Waals surface area contributed by atoms with Gasteiger partial charge in [-0.15, -0.1) is 0 Å². The summed E-state index contributed by atoms with van der Waals surface area (Å²) in [6, 6.07) is 0. The zero-order valence-corrected chi connectivity index (χ0v) is 9.82. The average molecular weight is 220 g/mol. The average Bonchev–Trinajstić information content (AvgIpc) is 2.20. The maximum atomic E-state index is 9.49. The number of ether oxygens (including phenoxy) is 2. The van der Waals surface area contributed by atoms with Gasteiger partial charge in [-0.05, 0) is 18.8 Å². The molecule has 0 aromatic carbocycles. The lowest BCUT2D eigenvalue weighted by Crippen LogP contribution is -2.18. The van der Waals surface area contributed by atoms with Crippen molar-refractivity contribution in [3.05, 3.63) is 0 Å². The molecule has 1 atom stereocenters. The minimum Gasteiger partial charge on any atom is -0.394 e. The fourth-order valence-corrected chi connectivity index (χ4v) is 1.11. The third kappa shape index (κ3) is 11.8. The van der Waals surface area contributed by atoms with Crippen LogP contribution in [0.2, 0.25) is 0 Å². The second kappa shape index (κ2) is 10.4. The molecule has 0 radical (unpaired) electrons. The molecule has 4 heteroatoms. The Hall–Kier alpha value is -0.160. The normalized spacial score (nSPS) is 13.4. The molecule has 0 aliphatic rings. The highest BCUT2D eigenvalue weighted by Gasteiger charge is 2.05. The highest BCUT2D eigenvalue weighted by atomic mass is 16.5. The lowest BCUT2D eigenvalue weighted by Gasteiger charge is -2.12. The van der Waals surface area contributed by atoms with E-state index in [9.17, 15) is 5.11 Å². The molecular formula is C11H24O4. The summed E-state index contributed by atoms with van der Waals surface area (Å²) in [7, 11) is 0. The summed E-state index contributed by atoms with van der Waals surface area (Å²) in [6.07, 6.45) is 1.44. The Bertz CT molecular complexity index is 128. The van der Waals surface area contributed by atoms with Gasteiger partial charge in [-0.25, -0.2) is 0 Å². The molecular weight excluding hydrogens is 196 g/mol. The van der Waals surface area contributed by atoms with Crippen LogP contribution in [0.3, 0.4) is 0 Å². The first-order valence-corrected chi connectivity index (χ1v) is 5.61. The zero-order valence-electron chi connectivity index (χ0n) is 9.82. The van der Waals surface area contributed by atoms with Crippen LogP contribution in [0.25, 0.3) is 0 Å². The van der Waals surface area contributed by atoms with Gasteiger partial charge in [0, 0.05) is 0 Å².